The first-order valence-corrected chi connectivity index (χ1v) is 7.35. The molecule has 1 fully saturated rings. The summed E-state index contributed by atoms with van der Waals surface area (Å²) in [5.41, 5.74) is 2.22. The van der Waals surface area contributed by atoms with Crippen LogP contribution >= 0.6 is 11.8 Å². The number of nitrogens with zero attached hydrogens (tertiary/aromatic N) is 2. The lowest BCUT2D eigenvalue weighted by Crippen LogP contribution is -2.43. The Morgan fingerprint density at radius 3 is 2.79 bits per heavy atom. The van der Waals surface area contributed by atoms with E-state index in [2.05, 4.69) is 24.8 Å². The van der Waals surface area contributed by atoms with Gasteiger partial charge in [0.05, 0.1) is 11.6 Å². The number of hydrogen-bond donors (Lipinski definition) is 0. The minimum Gasteiger partial charge on any atom is -0.369 e. The maximum Gasteiger partial charge on any atom is 0.161 e. The van der Waals surface area contributed by atoms with Gasteiger partial charge in [-0.15, -0.1) is 0 Å². The van der Waals surface area contributed by atoms with E-state index >= 15 is 0 Å². The van der Waals surface area contributed by atoms with E-state index in [4.69, 9.17) is 5.26 Å². The Hall–Kier alpha value is -1.47. The van der Waals surface area contributed by atoms with Crippen LogP contribution in [0, 0.1) is 11.3 Å². The van der Waals surface area contributed by atoms with Gasteiger partial charge in [0.2, 0.25) is 0 Å². The standard InChI is InChI=1S/C15H18N2OS/c1-11(18)13-5-4-12(9-16)8-14(13)17-6-7-19-15(2,3)10-17/h4-5,8H,6-7,10H2,1-3H3. The van der Waals surface area contributed by atoms with Crippen LogP contribution in [-0.4, -0.2) is 29.4 Å². The monoisotopic (exact) mass is 274 g/mol. The molecule has 1 saturated heterocycles. The molecule has 0 saturated carbocycles. The molecule has 4 heteroatoms. The number of Topliss-reactive ketones (excluding diaryl/α,β-unsaturated/α-hetero) is 1. The highest BCUT2D eigenvalue weighted by molar-refractivity contribution is 8.00. The topological polar surface area (TPSA) is 44.1 Å². The van der Waals surface area contributed by atoms with E-state index in [9.17, 15) is 4.79 Å². The first-order valence-electron chi connectivity index (χ1n) is 6.37. The molecule has 0 N–H and O–H groups in total. The molecule has 1 aliphatic heterocycles. The number of nitriles is 1. The zero-order valence-electron chi connectivity index (χ0n) is 11.6. The Kier molecular flexibility index (Phi) is 3.86. The van der Waals surface area contributed by atoms with Crippen molar-refractivity contribution < 1.29 is 4.79 Å². The van der Waals surface area contributed by atoms with E-state index in [1.165, 1.54) is 0 Å². The summed E-state index contributed by atoms with van der Waals surface area (Å²) in [5, 5.41) is 9.04. The molecular weight excluding hydrogens is 256 g/mol. The molecule has 1 heterocycles. The average Bonchev–Trinajstić information content (AvgIpc) is 2.36. The fourth-order valence-electron chi connectivity index (χ4n) is 2.38. The Bertz CT molecular complexity index is 546. The number of carbonyl (C=O) groups excluding carboxylic acids is 1. The van der Waals surface area contributed by atoms with Crippen molar-refractivity contribution in [3.8, 4) is 6.07 Å². The highest BCUT2D eigenvalue weighted by atomic mass is 32.2. The highest BCUT2D eigenvalue weighted by Crippen LogP contribution is 2.34. The number of anilines is 1. The SMILES string of the molecule is CC(=O)c1ccc(C#N)cc1N1CCSC(C)(C)C1. The number of carbonyl (C=O) groups is 1. The lowest BCUT2D eigenvalue weighted by molar-refractivity contribution is 0.101. The molecular formula is C15H18N2OS. The number of rotatable bonds is 2. The van der Waals surface area contributed by atoms with Crippen molar-refractivity contribution in [2.75, 3.05) is 23.7 Å². The van der Waals surface area contributed by atoms with Gasteiger partial charge in [-0.3, -0.25) is 4.79 Å². The molecule has 100 valence electrons. The van der Waals surface area contributed by atoms with Gasteiger partial charge >= 0.3 is 0 Å². The second-order valence-electron chi connectivity index (χ2n) is 5.43. The molecule has 0 spiro atoms. The lowest BCUT2D eigenvalue weighted by Gasteiger charge is -2.39. The molecule has 0 unspecified atom stereocenters. The minimum absolute atomic E-state index is 0.0514. The van der Waals surface area contributed by atoms with Crippen molar-refractivity contribution in [3.05, 3.63) is 29.3 Å². The van der Waals surface area contributed by atoms with Crippen molar-refractivity contribution in [1.82, 2.24) is 0 Å². The first-order chi connectivity index (χ1) is 8.93. The summed E-state index contributed by atoms with van der Waals surface area (Å²) >= 11 is 1.95. The number of benzene rings is 1. The van der Waals surface area contributed by atoms with Gasteiger partial charge in [-0.1, -0.05) is 0 Å². The zero-order valence-corrected chi connectivity index (χ0v) is 12.4. The van der Waals surface area contributed by atoms with Crippen molar-refractivity contribution in [2.24, 2.45) is 0 Å². The molecule has 1 aromatic rings. The van der Waals surface area contributed by atoms with Crippen LogP contribution in [0.15, 0.2) is 18.2 Å². The molecule has 19 heavy (non-hydrogen) atoms. The molecule has 0 bridgehead atoms. The van der Waals surface area contributed by atoms with Crippen LogP contribution < -0.4 is 4.90 Å². The quantitative estimate of drug-likeness (QED) is 0.777. The summed E-state index contributed by atoms with van der Waals surface area (Å²) in [4.78, 5) is 14.0. The predicted octanol–water partition coefficient (Wildman–Crippen LogP) is 3.09. The fraction of sp³-hybridized carbons (Fsp3) is 0.467. The van der Waals surface area contributed by atoms with Crippen LogP contribution in [0.4, 0.5) is 5.69 Å². The Morgan fingerprint density at radius 1 is 1.47 bits per heavy atom. The van der Waals surface area contributed by atoms with Crippen molar-refractivity contribution >= 4 is 23.2 Å². The molecule has 2 rings (SSSR count). The molecule has 1 aromatic carbocycles. The molecule has 0 radical (unpaired) electrons. The van der Waals surface area contributed by atoms with Crippen molar-refractivity contribution in [2.45, 2.75) is 25.5 Å². The summed E-state index contributed by atoms with van der Waals surface area (Å²) in [6.07, 6.45) is 0. The molecule has 0 amide bonds. The van der Waals surface area contributed by atoms with Crippen molar-refractivity contribution in [3.63, 3.8) is 0 Å². The molecule has 0 atom stereocenters. The van der Waals surface area contributed by atoms with Crippen LogP contribution in [-0.2, 0) is 0 Å². The van der Waals surface area contributed by atoms with Gasteiger partial charge in [-0.25, -0.2) is 0 Å². The predicted molar refractivity (Wildman–Crippen MR) is 79.9 cm³/mol. The van der Waals surface area contributed by atoms with Gasteiger partial charge in [0, 0.05) is 34.8 Å². The van der Waals surface area contributed by atoms with Crippen LogP contribution in [0.3, 0.4) is 0 Å². The van der Waals surface area contributed by atoms with E-state index in [1.54, 1.807) is 19.1 Å². The highest BCUT2D eigenvalue weighted by Gasteiger charge is 2.28. The molecule has 0 aromatic heterocycles. The smallest absolute Gasteiger partial charge is 0.161 e. The van der Waals surface area contributed by atoms with E-state index in [1.807, 2.05) is 17.8 Å². The van der Waals surface area contributed by atoms with Gasteiger partial charge in [0.1, 0.15) is 0 Å². The Morgan fingerprint density at radius 2 is 2.21 bits per heavy atom. The average molecular weight is 274 g/mol. The van der Waals surface area contributed by atoms with E-state index in [0.29, 0.717) is 11.1 Å². The number of hydrogen-bond acceptors (Lipinski definition) is 4. The minimum atomic E-state index is 0.0514. The lowest BCUT2D eigenvalue weighted by atomic mass is 10.0. The van der Waals surface area contributed by atoms with E-state index in [-0.39, 0.29) is 10.5 Å². The Labute approximate surface area is 118 Å². The zero-order chi connectivity index (χ0) is 14.0. The normalized spacial score (nSPS) is 17.9. The maximum absolute atomic E-state index is 11.8. The summed E-state index contributed by atoms with van der Waals surface area (Å²) in [7, 11) is 0. The third kappa shape index (κ3) is 3.10. The molecule has 1 aliphatic rings. The van der Waals surface area contributed by atoms with Crippen LogP contribution in [0.2, 0.25) is 0 Å². The van der Waals surface area contributed by atoms with Crippen LogP contribution in [0.5, 0.6) is 0 Å². The molecule has 0 aliphatic carbocycles. The van der Waals surface area contributed by atoms with Gasteiger partial charge in [0.25, 0.3) is 0 Å². The van der Waals surface area contributed by atoms with Gasteiger partial charge in [-0.05, 0) is 39.0 Å². The maximum atomic E-state index is 11.8. The summed E-state index contributed by atoms with van der Waals surface area (Å²) in [6.45, 7) is 7.82. The third-order valence-corrected chi connectivity index (χ3v) is 4.57. The number of ketones is 1. The van der Waals surface area contributed by atoms with Gasteiger partial charge < -0.3 is 4.90 Å². The van der Waals surface area contributed by atoms with E-state index in [0.717, 1.165) is 24.5 Å². The second kappa shape index (κ2) is 5.26. The largest absolute Gasteiger partial charge is 0.369 e. The van der Waals surface area contributed by atoms with E-state index < -0.39 is 0 Å². The first kappa shape index (κ1) is 14.0. The van der Waals surface area contributed by atoms with Crippen LogP contribution in [0.25, 0.3) is 0 Å². The Balaban J connectivity index is 2.42. The van der Waals surface area contributed by atoms with Gasteiger partial charge in [-0.2, -0.15) is 17.0 Å². The summed E-state index contributed by atoms with van der Waals surface area (Å²) in [6, 6.07) is 7.47. The fourth-order valence-corrected chi connectivity index (χ4v) is 3.49. The summed E-state index contributed by atoms with van der Waals surface area (Å²) < 4.78 is 0.176. The second-order valence-corrected chi connectivity index (χ2v) is 7.23. The molecule has 3 nitrogen and oxygen atoms in total. The van der Waals surface area contributed by atoms with Crippen molar-refractivity contribution in [1.29, 1.82) is 5.26 Å². The van der Waals surface area contributed by atoms with Crippen LogP contribution in [0.1, 0.15) is 36.7 Å². The number of thioether (sulfide) groups is 1. The third-order valence-electron chi connectivity index (χ3n) is 3.27. The summed E-state index contributed by atoms with van der Waals surface area (Å²) in [5.74, 6) is 1.09. The van der Waals surface area contributed by atoms with Gasteiger partial charge in [0.15, 0.2) is 5.78 Å².